The first-order chi connectivity index (χ1) is 14.6. The molecule has 2 aliphatic heterocycles. The summed E-state index contributed by atoms with van der Waals surface area (Å²) < 4.78 is 4.34. The lowest BCUT2D eigenvalue weighted by molar-refractivity contribution is 0.0447. The summed E-state index contributed by atoms with van der Waals surface area (Å²) in [6, 6.07) is 2.04. The third-order valence-electron chi connectivity index (χ3n) is 7.72. The molecule has 2 atom stereocenters. The number of aryl methyl sites for hydroxylation is 2. The van der Waals surface area contributed by atoms with Crippen molar-refractivity contribution in [1.82, 2.24) is 19.2 Å². The fourth-order valence-electron chi connectivity index (χ4n) is 5.72. The topological polar surface area (TPSA) is 57.2 Å². The molecule has 4 heterocycles. The van der Waals surface area contributed by atoms with Gasteiger partial charge < -0.3 is 10.2 Å². The van der Waals surface area contributed by atoms with Gasteiger partial charge in [-0.3, -0.25) is 4.90 Å². The highest BCUT2D eigenvalue weighted by Gasteiger charge is 2.52. The van der Waals surface area contributed by atoms with Gasteiger partial charge in [-0.15, -0.1) is 0 Å². The molecule has 0 amide bonds. The zero-order valence-electron chi connectivity index (χ0n) is 18.1. The molecule has 4 aliphatic rings. The van der Waals surface area contributed by atoms with Crippen LogP contribution in [0, 0.1) is 31.6 Å². The Morgan fingerprint density at radius 3 is 2.57 bits per heavy atom. The Kier molecular flexibility index (Phi) is 4.53. The van der Waals surface area contributed by atoms with E-state index in [-0.39, 0.29) is 0 Å². The summed E-state index contributed by atoms with van der Waals surface area (Å²) in [5.74, 6) is 4.81. The van der Waals surface area contributed by atoms with E-state index in [0.29, 0.717) is 11.5 Å². The Labute approximate surface area is 183 Å². The molecule has 2 aliphatic carbocycles. The number of nitrogens with one attached hydrogen (secondary N) is 1. The zero-order chi connectivity index (χ0) is 20.3. The smallest absolute Gasteiger partial charge is 0.229 e. The van der Waals surface area contributed by atoms with E-state index in [0.717, 1.165) is 52.9 Å². The lowest BCUT2D eigenvalue weighted by atomic mass is 9.81. The third kappa shape index (κ3) is 3.60. The predicted molar refractivity (Wildman–Crippen MR) is 122 cm³/mol. The Bertz CT molecular complexity index is 920. The van der Waals surface area contributed by atoms with E-state index < -0.39 is 0 Å². The first-order valence-corrected chi connectivity index (χ1v) is 12.4. The molecule has 2 unspecified atom stereocenters. The van der Waals surface area contributed by atoms with Crippen molar-refractivity contribution in [3.8, 4) is 0 Å². The van der Waals surface area contributed by atoms with Crippen LogP contribution in [-0.4, -0.2) is 51.0 Å². The molecule has 0 bridgehead atoms. The molecule has 4 fully saturated rings. The quantitative estimate of drug-likeness (QED) is 0.742. The average molecular weight is 425 g/mol. The number of nitrogens with zero attached hydrogens (tertiary/aromatic N) is 5. The number of fused-ring (bicyclic) bond motifs is 1. The number of rotatable bonds is 6. The van der Waals surface area contributed by atoms with Crippen molar-refractivity contribution in [3.05, 3.63) is 23.5 Å². The van der Waals surface area contributed by atoms with E-state index in [1.807, 2.05) is 19.2 Å². The fraction of sp³-hybridized carbons (Fsp3) is 0.696. The molecule has 2 saturated carbocycles. The van der Waals surface area contributed by atoms with Crippen molar-refractivity contribution in [2.45, 2.75) is 57.9 Å². The van der Waals surface area contributed by atoms with Gasteiger partial charge in [-0.1, -0.05) is 12.8 Å². The summed E-state index contributed by atoms with van der Waals surface area (Å²) in [5, 5.41) is 4.33. The second-order valence-electron chi connectivity index (χ2n) is 10.2. The maximum absolute atomic E-state index is 4.91. The summed E-state index contributed by atoms with van der Waals surface area (Å²) in [6.45, 7) is 9.00. The van der Waals surface area contributed by atoms with E-state index in [1.165, 1.54) is 63.1 Å². The van der Waals surface area contributed by atoms with Crippen molar-refractivity contribution in [3.63, 3.8) is 0 Å². The molecule has 30 heavy (non-hydrogen) atoms. The lowest BCUT2D eigenvalue weighted by Gasteiger charge is -2.57. The van der Waals surface area contributed by atoms with E-state index in [4.69, 9.17) is 4.98 Å². The fourth-order valence-corrected chi connectivity index (χ4v) is 6.38. The highest BCUT2D eigenvalue weighted by atomic mass is 32.1. The Hall–Kier alpha value is -1.73. The van der Waals surface area contributed by atoms with E-state index in [2.05, 4.69) is 31.4 Å². The minimum Gasteiger partial charge on any atom is -0.352 e. The van der Waals surface area contributed by atoms with Crippen molar-refractivity contribution in [1.29, 1.82) is 0 Å². The highest BCUT2D eigenvalue weighted by Crippen LogP contribution is 2.49. The largest absolute Gasteiger partial charge is 0.352 e. The minimum absolute atomic E-state index is 0.373. The maximum Gasteiger partial charge on any atom is 0.229 e. The van der Waals surface area contributed by atoms with Gasteiger partial charge in [0.1, 0.15) is 10.8 Å². The molecule has 1 N–H and O–H groups in total. The number of aromatic nitrogens is 3. The molecular formula is C23H32N6S. The van der Waals surface area contributed by atoms with Gasteiger partial charge in [0.05, 0.1) is 11.2 Å². The third-order valence-corrected chi connectivity index (χ3v) is 8.52. The molecule has 2 aromatic heterocycles. The molecule has 2 aromatic rings. The summed E-state index contributed by atoms with van der Waals surface area (Å²) in [6.07, 6.45) is 10.6. The molecule has 6 rings (SSSR count). The van der Waals surface area contributed by atoms with Gasteiger partial charge in [0.15, 0.2) is 0 Å². The van der Waals surface area contributed by atoms with Gasteiger partial charge in [-0.25, -0.2) is 4.98 Å². The Morgan fingerprint density at radius 1 is 1.13 bits per heavy atom. The molecular weight excluding hydrogens is 392 g/mol. The molecule has 0 aromatic carbocycles. The predicted octanol–water partition coefficient (Wildman–Crippen LogP) is 4.38. The van der Waals surface area contributed by atoms with Crippen LogP contribution in [0.5, 0.6) is 0 Å². The maximum atomic E-state index is 4.91. The number of likely N-dealkylation sites (tertiary alicyclic amines) is 1. The summed E-state index contributed by atoms with van der Waals surface area (Å²) in [4.78, 5) is 14.8. The van der Waals surface area contributed by atoms with Crippen molar-refractivity contribution in [2.24, 2.45) is 17.8 Å². The first-order valence-electron chi connectivity index (χ1n) is 11.6. The van der Waals surface area contributed by atoms with Gasteiger partial charge >= 0.3 is 0 Å². The molecule has 0 radical (unpaired) electrons. The van der Waals surface area contributed by atoms with Crippen molar-refractivity contribution >= 4 is 28.3 Å². The normalized spacial score (nSPS) is 27.9. The van der Waals surface area contributed by atoms with Gasteiger partial charge in [0.2, 0.25) is 5.95 Å². The standard InChI is InChI=1S/C23H32N6S/c1-15-12-24-22(25-20-9-16(2)27-30-20)26-21(15)28-13-23(14-28,11-17-3-4-17)29-7-5-18-10-19(18)6-8-29/h9,12,17-19H,3-8,10-11,13-14H2,1-2H3,(H,24,25,26). The lowest BCUT2D eigenvalue weighted by Crippen LogP contribution is -2.71. The Morgan fingerprint density at radius 2 is 1.90 bits per heavy atom. The van der Waals surface area contributed by atoms with Crippen LogP contribution in [-0.2, 0) is 0 Å². The monoisotopic (exact) mass is 424 g/mol. The van der Waals surface area contributed by atoms with Crippen LogP contribution >= 0.6 is 11.5 Å². The number of anilines is 3. The van der Waals surface area contributed by atoms with Crippen molar-refractivity contribution in [2.75, 3.05) is 36.4 Å². The molecule has 160 valence electrons. The molecule has 6 nitrogen and oxygen atoms in total. The molecule has 0 spiro atoms. The first kappa shape index (κ1) is 19.0. The van der Waals surface area contributed by atoms with Crippen LogP contribution < -0.4 is 10.2 Å². The summed E-state index contributed by atoms with van der Waals surface area (Å²) in [7, 11) is 0. The van der Waals surface area contributed by atoms with Crippen LogP contribution in [0.15, 0.2) is 12.3 Å². The van der Waals surface area contributed by atoms with Crippen LogP contribution in [0.25, 0.3) is 0 Å². The van der Waals surface area contributed by atoms with Gasteiger partial charge in [0.25, 0.3) is 0 Å². The van der Waals surface area contributed by atoms with E-state index >= 15 is 0 Å². The van der Waals surface area contributed by atoms with Crippen LogP contribution in [0.4, 0.5) is 16.8 Å². The van der Waals surface area contributed by atoms with Crippen LogP contribution in [0.1, 0.15) is 49.8 Å². The van der Waals surface area contributed by atoms with E-state index in [9.17, 15) is 0 Å². The summed E-state index contributed by atoms with van der Waals surface area (Å²) in [5.41, 5.74) is 2.56. The average Bonchev–Trinajstić information content (AvgIpc) is 3.59. The van der Waals surface area contributed by atoms with Crippen LogP contribution in [0.3, 0.4) is 0 Å². The zero-order valence-corrected chi connectivity index (χ0v) is 18.9. The second-order valence-corrected chi connectivity index (χ2v) is 11.0. The number of hydrogen-bond acceptors (Lipinski definition) is 7. The molecule has 7 heteroatoms. The number of hydrogen-bond donors (Lipinski definition) is 1. The van der Waals surface area contributed by atoms with E-state index in [1.54, 1.807) is 0 Å². The highest BCUT2D eigenvalue weighted by molar-refractivity contribution is 7.10. The molecule has 2 saturated heterocycles. The van der Waals surface area contributed by atoms with Gasteiger partial charge in [0, 0.05) is 24.8 Å². The van der Waals surface area contributed by atoms with Gasteiger partial charge in [-0.05, 0) is 88.0 Å². The summed E-state index contributed by atoms with van der Waals surface area (Å²) >= 11 is 1.46. The SMILES string of the molecule is Cc1cc(Nc2ncc(C)c(N3CC(CC4CC4)(N4CCC5CC5CC4)C3)n2)sn1. The van der Waals surface area contributed by atoms with Gasteiger partial charge in [-0.2, -0.15) is 9.36 Å². The second kappa shape index (κ2) is 7.16. The van der Waals surface area contributed by atoms with Crippen LogP contribution in [0.2, 0.25) is 0 Å². The van der Waals surface area contributed by atoms with Crippen molar-refractivity contribution < 1.29 is 0 Å². The Balaban J connectivity index is 1.19. The minimum atomic E-state index is 0.373.